The van der Waals surface area contributed by atoms with Crippen molar-refractivity contribution in [1.82, 2.24) is 5.43 Å². The highest BCUT2D eigenvalue weighted by atomic mass is 16.7. The van der Waals surface area contributed by atoms with Crippen LogP contribution < -0.4 is 10.6 Å². The van der Waals surface area contributed by atoms with E-state index in [1.165, 1.54) is 7.05 Å². The van der Waals surface area contributed by atoms with E-state index in [1.807, 2.05) is 0 Å². The van der Waals surface area contributed by atoms with E-state index in [4.69, 9.17) is 18.9 Å². The Morgan fingerprint density at radius 3 is 2.27 bits per heavy atom. The van der Waals surface area contributed by atoms with E-state index < -0.39 is 55.3 Å². The molecule has 154 valence electrons. The quantitative estimate of drug-likeness (QED) is 0.152. The molecule has 0 spiro atoms. The van der Waals surface area contributed by atoms with Gasteiger partial charge in [-0.3, -0.25) is 5.17 Å². The van der Waals surface area contributed by atoms with Gasteiger partial charge in [0, 0.05) is 0 Å². The van der Waals surface area contributed by atoms with Crippen molar-refractivity contribution in [2.24, 2.45) is 0 Å². The number of hydrogen-bond acceptors (Lipinski definition) is 12. The Bertz CT molecular complexity index is 431. The molecule has 2 aliphatic rings. The lowest BCUT2D eigenvalue weighted by Gasteiger charge is -2.41. The molecule has 2 aliphatic heterocycles. The number of hydrogen-bond donors (Lipinski definition) is 8. The van der Waals surface area contributed by atoms with E-state index >= 15 is 0 Å². The summed E-state index contributed by atoms with van der Waals surface area (Å²) in [6, 6.07) is 0. The molecular weight excluding hydrogens is 360 g/mol. The summed E-state index contributed by atoms with van der Waals surface area (Å²) in [5, 5.41) is 69.0. The number of aliphatic hydroxyl groups excluding tert-OH is 6. The summed E-state index contributed by atoms with van der Waals surface area (Å²) in [6.07, 6.45) is -12.7. The molecule has 0 amide bonds. The van der Waals surface area contributed by atoms with Gasteiger partial charge in [0.25, 0.3) is 0 Å². The third kappa shape index (κ3) is 5.26. The monoisotopic (exact) mass is 386 g/mol. The molecule has 8 N–H and O–H groups in total. The second kappa shape index (κ2) is 9.61. The molecule has 0 aromatic heterocycles. The topological polar surface area (TPSA) is 198 Å². The Morgan fingerprint density at radius 1 is 0.962 bits per heavy atom. The molecule has 13 heteroatoms. The molecule has 26 heavy (non-hydrogen) atoms. The van der Waals surface area contributed by atoms with Gasteiger partial charge in [-0.25, -0.2) is 0 Å². The van der Waals surface area contributed by atoms with E-state index in [2.05, 4.69) is 5.43 Å². The predicted octanol–water partition coefficient (Wildman–Crippen LogP) is -6.26. The molecule has 10 atom stereocenters. The summed E-state index contributed by atoms with van der Waals surface area (Å²) in [6.45, 7) is -0.932. The number of quaternary nitrogens is 1. The Kier molecular flexibility index (Phi) is 8.05. The van der Waals surface area contributed by atoms with E-state index in [0.29, 0.717) is 0 Å². The maximum atomic E-state index is 10.8. The van der Waals surface area contributed by atoms with Gasteiger partial charge in [0.2, 0.25) is 0 Å². The van der Waals surface area contributed by atoms with Crippen LogP contribution in [0.15, 0.2) is 0 Å². The number of ether oxygens (including phenoxy) is 4. The smallest absolute Gasteiger partial charge is 0.188 e. The largest absolute Gasteiger partial charge is 0.613 e. The number of aliphatic hydroxyl groups is 6. The Morgan fingerprint density at radius 2 is 1.62 bits per heavy atom. The van der Waals surface area contributed by atoms with Crippen molar-refractivity contribution < 1.29 is 54.8 Å². The van der Waals surface area contributed by atoms with Crippen molar-refractivity contribution in [2.45, 2.75) is 55.3 Å². The van der Waals surface area contributed by atoms with Gasteiger partial charge < -0.3 is 54.8 Å². The van der Waals surface area contributed by atoms with Gasteiger partial charge >= 0.3 is 0 Å². The van der Waals surface area contributed by atoms with E-state index in [1.54, 1.807) is 0 Å². The summed E-state index contributed by atoms with van der Waals surface area (Å²) in [5.74, 6) is 0. The van der Waals surface area contributed by atoms with Gasteiger partial charge in [-0.2, -0.15) is 0 Å². The highest BCUT2D eigenvalue weighted by molar-refractivity contribution is 4.90. The van der Waals surface area contributed by atoms with E-state index in [9.17, 15) is 35.8 Å². The van der Waals surface area contributed by atoms with Crippen LogP contribution in [0.25, 0.3) is 0 Å². The minimum atomic E-state index is -1.61. The first-order valence-electron chi connectivity index (χ1n) is 8.05. The molecule has 0 radical (unpaired) electrons. The molecule has 2 fully saturated rings. The van der Waals surface area contributed by atoms with Crippen LogP contribution >= 0.6 is 0 Å². The van der Waals surface area contributed by atoms with Crippen LogP contribution in [0.3, 0.4) is 0 Å². The van der Waals surface area contributed by atoms with Crippen molar-refractivity contribution in [3.8, 4) is 0 Å². The van der Waals surface area contributed by atoms with Crippen LogP contribution in [0.2, 0.25) is 0 Å². The second-order valence-corrected chi connectivity index (χ2v) is 6.14. The Balaban J connectivity index is 1.88. The first-order chi connectivity index (χ1) is 12.2. The van der Waals surface area contributed by atoms with Gasteiger partial charge in [0.15, 0.2) is 12.6 Å². The zero-order valence-electron chi connectivity index (χ0n) is 14.0. The molecule has 10 unspecified atom stereocenters. The summed E-state index contributed by atoms with van der Waals surface area (Å²) >= 11 is 0. The lowest BCUT2D eigenvalue weighted by atomic mass is 9.99. The second-order valence-electron chi connectivity index (χ2n) is 6.14. The van der Waals surface area contributed by atoms with Crippen molar-refractivity contribution in [1.29, 1.82) is 0 Å². The molecule has 2 saturated heterocycles. The fraction of sp³-hybridized carbons (Fsp3) is 1.00. The summed E-state index contributed by atoms with van der Waals surface area (Å²) in [7, 11) is 1.26. The lowest BCUT2D eigenvalue weighted by molar-refractivity contribution is -0.878. The summed E-state index contributed by atoms with van der Waals surface area (Å²) in [5.41, 5.74) is 2.32. The number of hydroxylamine groups is 1. The molecular formula is C13H26N2O11. The van der Waals surface area contributed by atoms with Crippen LogP contribution in [0, 0.1) is 5.21 Å². The van der Waals surface area contributed by atoms with Crippen LogP contribution in [0.5, 0.6) is 0 Å². The Labute approximate surface area is 148 Å². The van der Waals surface area contributed by atoms with Crippen LogP contribution in [-0.2, 0) is 18.9 Å². The molecule has 0 bridgehead atoms. The SMILES string of the molecule is C[NH+]([O-])NCOC1OC(COC2OCC(O)C(O)C2O)C(O)C(O)C1O. The third-order valence-electron chi connectivity index (χ3n) is 4.12. The fourth-order valence-corrected chi connectivity index (χ4v) is 2.53. The standard InChI is InChI=1S/C13H26N2O11/c1-15(22)14-4-25-13-11(21)9(19)8(18)6(26-13)3-24-12-10(20)7(17)5(16)2-23-12/h5-21H,2-4H2,1H3. The molecule has 2 heterocycles. The average Bonchev–Trinajstić information content (AvgIpc) is 2.60. The van der Waals surface area contributed by atoms with Gasteiger partial charge in [-0.15, -0.1) is 5.43 Å². The van der Waals surface area contributed by atoms with Gasteiger partial charge in [-0.1, -0.05) is 0 Å². The van der Waals surface area contributed by atoms with Crippen molar-refractivity contribution in [2.75, 3.05) is 27.0 Å². The van der Waals surface area contributed by atoms with Crippen molar-refractivity contribution in [3.63, 3.8) is 0 Å². The molecule has 13 nitrogen and oxygen atoms in total. The third-order valence-corrected chi connectivity index (χ3v) is 4.12. The number of rotatable bonds is 7. The van der Waals surface area contributed by atoms with Crippen molar-refractivity contribution >= 4 is 0 Å². The normalized spacial score (nSPS) is 45.5. The Hall–Kier alpha value is -0.520. The van der Waals surface area contributed by atoms with Crippen LogP contribution in [0.4, 0.5) is 0 Å². The van der Waals surface area contributed by atoms with Gasteiger partial charge in [0.1, 0.15) is 49.5 Å². The first-order valence-corrected chi connectivity index (χ1v) is 8.05. The molecule has 0 saturated carbocycles. The number of nitrogens with one attached hydrogen (secondary N) is 2. The lowest BCUT2D eigenvalue weighted by Crippen LogP contribution is -3.11. The molecule has 0 aliphatic carbocycles. The van der Waals surface area contributed by atoms with E-state index in [-0.39, 0.29) is 25.1 Å². The van der Waals surface area contributed by atoms with Crippen molar-refractivity contribution in [3.05, 3.63) is 5.21 Å². The van der Waals surface area contributed by atoms with Crippen LogP contribution in [0.1, 0.15) is 0 Å². The van der Waals surface area contributed by atoms with Crippen LogP contribution in [-0.4, -0.2) is 113 Å². The maximum absolute atomic E-state index is 10.8. The highest BCUT2D eigenvalue weighted by Gasteiger charge is 2.45. The summed E-state index contributed by atoms with van der Waals surface area (Å²) in [4.78, 5) is 0. The maximum Gasteiger partial charge on any atom is 0.188 e. The zero-order valence-corrected chi connectivity index (χ0v) is 14.0. The van der Waals surface area contributed by atoms with Gasteiger partial charge in [-0.05, 0) is 0 Å². The molecule has 0 aromatic carbocycles. The van der Waals surface area contributed by atoms with Gasteiger partial charge in [0.05, 0.1) is 20.3 Å². The summed E-state index contributed by atoms with van der Waals surface area (Å²) < 4.78 is 20.8. The minimum absolute atomic E-state index is 0.263. The predicted molar refractivity (Wildman–Crippen MR) is 79.7 cm³/mol. The average molecular weight is 386 g/mol. The zero-order chi connectivity index (χ0) is 19.4. The molecule has 0 aromatic rings. The molecule has 2 rings (SSSR count). The fourth-order valence-electron chi connectivity index (χ4n) is 2.53. The first kappa shape index (κ1) is 21.8. The van der Waals surface area contributed by atoms with E-state index in [0.717, 1.165) is 0 Å². The highest BCUT2D eigenvalue weighted by Crippen LogP contribution is 2.24. The minimum Gasteiger partial charge on any atom is -0.613 e.